The molecule has 9 nitrogen and oxygen atoms in total. The van der Waals surface area contributed by atoms with Crippen LogP contribution >= 0.6 is 27.5 Å². The Hall–Kier alpha value is -3.11. The van der Waals surface area contributed by atoms with Crippen LogP contribution < -0.4 is 20.7 Å². The number of hydrogen-bond acceptors (Lipinski definition) is 6. The number of H-pyrrole nitrogens is 1. The lowest BCUT2D eigenvalue weighted by Gasteiger charge is -2.18. The normalized spacial score (nSPS) is 12.3. The van der Waals surface area contributed by atoms with Crippen molar-refractivity contribution in [1.82, 2.24) is 9.66 Å². The standard InChI is InChI=1S/C20H17BrClN3O6/c1-3-30-14-8-11(15(21)16(22)17(14)31-10(2)19(27)28)9-23-25-18(26)12-6-4-5-7-13(12)24-20(25)29/h4-10H,3H2,1-2H3,(H,24,29)(H,27,28)/t10-/m1/s1. The predicted molar refractivity (Wildman–Crippen MR) is 120 cm³/mol. The lowest BCUT2D eigenvalue weighted by atomic mass is 10.2. The number of carbonyl (C=O) groups is 1. The molecule has 2 N–H and O–H groups in total. The molecule has 3 rings (SSSR count). The number of aromatic amines is 1. The summed E-state index contributed by atoms with van der Waals surface area (Å²) in [5.41, 5.74) is -0.510. The Morgan fingerprint density at radius 3 is 2.77 bits per heavy atom. The first kappa shape index (κ1) is 22.6. The van der Waals surface area contributed by atoms with E-state index in [0.717, 1.165) is 0 Å². The van der Waals surface area contributed by atoms with Crippen LogP contribution in [0.5, 0.6) is 11.5 Å². The molecule has 31 heavy (non-hydrogen) atoms. The maximum absolute atomic E-state index is 12.6. The van der Waals surface area contributed by atoms with E-state index in [-0.39, 0.29) is 23.1 Å². The second-order valence-electron chi connectivity index (χ2n) is 6.29. The zero-order valence-electron chi connectivity index (χ0n) is 16.4. The third-order valence-corrected chi connectivity index (χ3v) is 5.64. The zero-order valence-corrected chi connectivity index (χ0v) is 18.7. The first-order valence-electron chi connectivity index (χ1n) is 9.07. The molecule has 0 fully saturated rings. The molecule has 0 saturated heterocycles. The fraction of sp³-hybridized carbons (Fsp3) is 0.200. The van der Waals surface area contributed by atoms with Crippen molar-refractivity contribution in [2.75, 3.05) is 6.61 Å². The van der Waals surface area contributed by atoms with Crippen molar-refractivity contribution in [3.8, 4) is 11.5 Å². The number of carboxylic acid groups (broad SMARTS) is 1. The van der Waals surface area contributed by atoms with E-state index in [1.165, 1.54) is 19.2 Å². The number of halogens is 2. The summed E-state index contributed by atoms with van der Waals surface area (Å²) >= 11 is 9.68. The maximum Gasteiger partial charge on any atom is 0.349 e. The van der Waals surface area contributed by atoms with E-state index in [0.29, 0.717) is 25.6 Å². The third-order valence-electron chi connectivity index (χ3n) is 4.19. The number of carboxylic acids is 1. The Kier molecular flexibility index (Phi) is 6.81. The first-order valence-corrected chi connectivity index (χ1v) is 10.2. The Balaban J connectivity index is 2.09. The third kappa shape index (κ3) is 4.64. The van der Waals surface area contributed by atoms with Gasteiger partial charge in [0.15, 0.2) is 17.6 Å². The molecule has 1 heterocycles. The van der Waals surface area contributed by atoms with E-state index in [1.54, 1.807) is 31.2 Å². The van der Waals surface area contributed by atoms with Crippen LogP contribution in [-0.2, 0) is 4.79 Å². The van der Waals surface area contributed by atoms with E-state index in [1.807, 2.05) is 0 Å². The molecule has 2 aromatic carbocycles. The highest BCUT2D eigenvalue weighted by atomic mass is 79.9. The van der Waals surface area contributed by atoms with Gasteiger partial charge in [0.2, 0.25) is 0 Å². The zero-order chi connectivity index (χ0) is 22.7. The van der Waals surface area contributed by atoms with Crippen LogP contribution in [0.15, 0.2) is 49.5 Å². The summed E-state index contributed by atoms with van der Waals surface area (Å²) in [6, 6.07) is 8.09. The molecule has 11 heteroatoms. The lowest BCUT2D eigenvalue weighted by molar-refractivity contribution is -0.144. The minimum absolute atomic E-state index is 0.0446. The van der Waals surface area contributed by atoms with Crippen molar-refractivity contribution < 1.29 is 19.4 Å². The van der Waals surface area contributed by atoms with Gasteiger partial charge in [0.25, 0.3) is 5.56 Å². The van der Waals surface area contributed by atoms with Crippen LogP contribution in [0.2, 0.25) is 5.02 Å². The molecule has 0 saturated carbocycles. The van der Waals surface area contributed by atoms with E-state index in [9.17, 15) is 14.4 Å². The van der Waals surface area contributed by atoms with Gasteiger partial charge in [-0.2, -0.15) is 5.10 Å². The summed E-state index contributed by atoms with van der Waals surface area (Å²) < 4.78 is 12.0. The van der Waals surface area contributed by atoms with E-state index in [2.05, 4.69) is 26.0 Å². The molecule has 1 atom stereocenters. The molecule has 0 aliphatic carbocycles. The highest BCUT2D eigenvalue weighted by Gasteiger charge is 2.22. The minimum atomic E-state index is -1.17. The van der Waals surface area contributed by atoms with Crippen LogP contribution in [0.4, 0.5) is 0 Å². The average molecular weight is 511 g/mol. The van der Waals surface area contributed by atoms with Gasteiger partial charge in [-0.05, 0) is 48.0 Å². The maximum atomic E-state index is 12.6. The fourth-order valence-corrected chi connectivity index (χ4v) is 3.32. The van der Waals surface area contributed by atoms with E-state index >= 15 is 0 Å². The molecule has 0 aliphatic heterocycles. The average Bonchev–Trinajstić information content (AvgIpc) is 2.73. The summed E-state index contributed by atoms with van der Waals surface area (Å²) in [6.07, 6.45) is 0.0896. The van der Waals surface area contributed by atoms with Crippen molar-refractivity contribution in [1.29, 1.82) is 0 Å². The van der Waals surface area contributed by atoms with Gasteiger partial charge in [-0.3, -0.25) is 4.79 Å². The summed E-state index contributed by atoms with van der Waals surface area (Å²) in [6.45, 7) is 3.36. The molecule has 0 spiro atoms. The van der Waals surface area contributed by atoms with Crippen molar-refractivity contribution in [2.45, 2.75) is 20.0 Å². The molecule has 0 aliphatic rings. The molecule has 1 aromatic heterocycles. The van der Waals surface area contributed by atoms with Crippen LogP contribution in [0.3, 0.4) is 0 Å². The van der Waals surface area contributed by atoms with Crippen molar-refractivity contribution in [3.63, 3.8) is 0 Å². The van der Waals surface area contributed by atoms with Crippen LogP contribution in [0.1, 0.15) is 19.4 Å². The number of ether oxygens (including phenoxy) is 2. The quantitative estimate of drug-likeness (QED) is 0.471. The second-order valence-corrected chi connectivity index (χ2v) is 7.46. The van der Waals surface area contributed by atoms with Gasteiger partial charge in [-0.25, -0.2) is 9.59 Å². The first-order chi connectivity index (χ1) is 14.7. The number of hydrogen-bond donors (Lipinski definition) is 2. The van der Waals surface area contributed by atoms with Crippen LogP contribution in [-0.4, -0.2) is 39.7 Å². The molecule has 0 unspecified atom stereocenters. The fourth-order valence-electron chi connectivity index (χ4n) is 2.68. The van der Waals surface area contributed by atoms with Crippen molar-refractivity contribution >= 4 is 50.6 Å². The smallest absolute Gasteiger partial charge is 0.349 e. The van der Waals surface area contributed by atoms with Crippen molar-refractivity contribution in [2.24, 2.45) is 5.10 Å². The number of aromatic nitrogens is 2. The van der Waals surface area contributed by atoms with Crippen molar-refractivity contribution in [3.05, 3.63) is 66.2 Å². The largest absolute Gasteiger partial charge is 0.490 e. The number of nitrogens with zero attached hydrogens (tertiary/aromatic N) is 2. The summed E-state index contributed by atoms with van der Waals surface area (Å²) in [5.74, 6) is -0.941. The number of fused-ring (bicyclic) bond motifs is 1. The van der Waals surface area contributed by atoms with E-state index in [4.69, 9.17) is 26.2 Å². The summed E-state index contributed by atoms with van der Waals surface area (Å²) in [5, 5.41) is 13.5. The van der Waals surface area contributed by atoms with Crippen LogP contribution in [0.25, 0.3) is 10.9 Å². The Labute approximate surface area is 189 Å². The Morgan fingerprint density at radius 2 is 2.10 bits per heavy atom. The van der Waals surface area contributed by atoms with Gasteiger partial charge in [0, 0.05) is 10.0 Å². The predicted octanol–water partition coefficient (Wildman–Crippen LogP) is 3.24. The number of aliphatic carboxylic acids is 1. The topological polar surface area (TPSA) is 123 Å². The lowest BCUT2D eigenvalue weighted by Crippen LogP contribution is -2.32. The second kappa shape index (κ2) is 9.36. The number of nitrogens with one attached hydrogen (secondary N) is 1. The Morgan fingerprint density at radius 1 is 1.39 bits per heavy atom. The SMILES string of the molecule is CCOc1cc(C=Nn2c(=O)[nH]c3ccccc3c2=O)c(Br)c(Cl)c1O[C@H](C)C(=O)O. The number of para-hydroxylation sites is 1. The van der Waals surface area contributed by atoms with Gasteiger partial charge in [-0.15, -0.1) is 4.68 Å². The van der Waals surface area contributed by atoms with Gasteiger partial charge in [-0.1, -0.05) is 23.7 Å². The van der Waals surface area contributed by atoms with Gasteiger partial charge in [0.05, 0.1) is 23.7 Å². The summed E-state index contributed by atoms with van der Waals surface area (Å²) in [4.78, 5) is 38.6. The molecular weight excluding hydrogens is 494 g/mol. The molecule has 0 amide bonds. The molecule has 0 bridgehead atoms. The van der Waals surface area contributed by atoms with Gasteiger partial charge >= 0.3 is 11.7 Å². The van der Waals surface area contributed by atoms with E-state index < -0.39 is 23.3 Å². The highest BCUT2D eigenvalue weighted by Crippen LogP contribution is 2.42. The van der Waals surface area contributed by atoms with Gasteiger partial charge in [0.1, 0.15) is 5.02 Å². The van der Waals surface area contributed by atoms with Gasteiger partial charge < -0.3 is 19.6 Å². The molecule has 162 valence electrons. The number of benzene rings is 2. The number of rotatable bonds is 7. The molecular formula is C20H17BrClN3O6. The molecule has 3 aromatic rings. The van der Waals surface area contributed by atoms with Crippen LogP contribution in [0, 0.1) is 0 Å². The minimum Gasteiger partial charge on any atom is -0.490 e. The Bertz CT molecular complexity index is 1300. The monoisotopic (exact) mass is 509 g/mol. The highest BCUT2D eigenvalue weighted by molar-refractivity contribution is 9.10. The summed E-state index contributed by atoms with van der Waals surface area (Å²) in [7, 11) is 0. The molecule has 0 radical (unpaired) electrons.